The first-order chi connectivity index (χ1) is 15.1. The second-order valence-corrected chi connectivity index (χ2v) is 10.1. The number of aryl methyl sites for hydroxylation is 2. The third kappa shape index (κ3) is 5.14. The van der Waals surface area contributed by atoms with Crippen LogP contribution in [0.3, 0.4) is 0 Å². The average Bonchev–Trinajstić information content (AvgIpc) is 2.74. The van der Waals surface area contributed by atoms with Gasteiger partial charge in [-0.15, -0.1) is 0 Å². The van der Waals surface area contributed by atoms with E-state index in [-0.39, 0.29) is 17.5 Å². The van der Waals surface area contributed by atoms with Crippen LogP contribution in [-0.2, 0) is 14.8 Å². The zero-order valence-electron chi connectivity index (χ0n) is 18.6. The van der Waals surface area contributed by atoms with Crippen molar-refractivity contribution in [3.8, 4) is 0 Å². The third-order valence-electron chi connectivity index (χ3n) is 5.40. The summed E-state index contributed by atoms with van der Waals surface area (Å²) < 4.78 is 28.1. The Labute approximate surface area is 195 Å². The summed E-state index contributed by atoms with van der Waals surface area (Å²) in [6.07, 6.45) is 0. The van der Waals surface area contributed by atoms with Gasteiger partial charge in [-0.2, -0.15) is 0 Å². The summed E-state index contributed by atoms with van der Waals surface area (Å²) in [6, 6.07) is 18.8. The summed E-state index contributed by atoms with van der Waals surface area (Å²) >= 11 is 6.26. The molecule has 3 rings (SSSR count). The highest BCUT2D eigenvalue weighted by atomic mass is 35.5. The number of halogens is 1. The molecule has 0 bridgehead atoms. The SMILES string of the molecule is Cc1ccc([C@H](C)NC(=O)CN(c2cccc(Cl)c2C)S(=O)(=O)c2ccccc2)c(C)c1. The second-order valence-electron chi connectivity index (χ2n) is 7.86. The highest BCUT2D eigenvalue weighted by Crippen LogP contribution is 2.31. The average molecular weight is 471 g/mol. The van der Waals surface area contributed by atoms with Crippen molar-refractivity contribution in [3.63, 3.8) is 0 Å². The number of benzene rings is 3. The molecular formula is C25H27ClN2O3S. The standard InChI is InChI=1S/C25H27ClN2O3S/c1-17-13-14-22(18(2)15-17)20(4)27-25(29)16-28(24-12-8-11-23(26)19(24)3)32(30,31)21-9-6-5-7-10-21/h5-15,20H,16H2,1-4H3,(H,27,29)/t20-/m0/s1. The number of nitrogens with one attached hydrogen (secondary N) is 1. The lowest BCUT2D eigenvalue weighted by Gasteiger charge is -2.27. The van der Waals surface area contributed by atoms with Gasteiger partial charge in [0.25, 0.3) is 10.0 Å². The van der Waals surface area contributed by atoms with Crippen LogP contribution in [-0.4, -0.2) is 20.9 Å². The highest BCUT2D eigenvalue weighted by molar-refractivity contribution is 7.92. The monoisotopic (exact) mass is 470 g/mol. The van der Waals surface area contributed by atoms with Gasteiger partial charge in [0.15, 0.2) is 0 Å². The molecule has 7 heteroatoms. The minimum atomic E-state index is -3.99. The lowest BCUT2D eigenvalue weighted by molar-refractivity contribution is -0.120. The zero-order valence-corrected chi connectivity index (χ0v) is 20.2. The van der Waals surface area contributed by atoms with Crippen LogP contribution in [0.15, 0.2) is 71.6 Å². The summed E-state index contributed by atoms with van der Waals surface area (Å²) in [4.78, 5) is 13.1. The first-order valence-electron chi connectivity index (χ1n) is 10.3. The maximum absolute atomic E-state index is 13.5. The quantitative estimate of drug-likeness (QED) is 0.507. The summed E-state index contributed by atoms with van der Waals surface area (Å²) in [5.74, 6) is -0.406. The Morgan fingerprint density at radius 3 is 2.34 bits per heavy atom. The number of sulfonamides is 1. The molecule has 32 heavy (non-hydrogen) atoms. The predicted octanol–water partition coefficient (Wildman–Crippen LogP) is 5.34. The van der Waals surface area contributed by atoms with Crippen LogP contribution in [0.25, 0.3) is 0 Å². The van der Waals surface area contributed by atoms with E-state index in [4.69, 9.17) is 11.6 Å². The van der Waals surface area contributed by atoms with Gasteiger partial charge in [0.1, 0.15) is 6.54 Å². The molecule has 5 nitrogen and oxygen atoms in total. The molecule has 0 fully saturated rings. The van der Waals surface area contributed by atoms with Gasteiger partial charge < -0.3 is 5.32 Å². The number of carbonyl (C=O) groups is 1. The number of hydrogen-bond acceptors (Lipinski definition) is 3. The summed E-state index contributed by atoms with van der Waals surface area (Å²) in [5, 5.41) is 3.37. The number of nitrogens with zero attached hydrogens (tertiary/aromatic N) is 1. The molecule has 1 atom stereocenters. The van der Waals surface area contributed by atoms with Crippen LogP contribution in [0.2, 0.25) is 5.02 Å². The highest BCUT2D eigenvalue weighted by Gasteiger charge is 2.29. The molecule has 0 unspecified atom stereocenters. The van der Waals surface area contributed by atoms with E-state index in [0.717, 1.165) is 21.0 Å². The van der Waals surface area contributed by atoms with Gasteiger partial charge in [0.2, 0.25) is 5.91 Å². The van der Waals surface area contributed by atoms with E-state index in [1.807, 2.05) is 32.9 Å². The second kappa shape index (κ2) is 9.76. The molecular weight excluding hydrogens is 444 g/mol. The molecule has 1 amide bonds. The Hall–Kier alpha value is -2.83. The molecule has 1 N–H and O–H groups in total. The van der Waals surface area contributed by atoms with Crippen LogP contribution in [0.1, 0.15) is 35.2 Å². The van der Waals surface area contributed by atoms with E-state index >= 15 is 0 Å². The first-order valence-corrected chi connectivity index (χ1v) is 12.1. The van der Waals surface area contributed by atoms with Crippen LogP contribution in [0.5, 0.6) is 0 Å². The molecule has 0 heterocycles. The van der Waals surface area contributed by atoms with Crippen molar-refractivity contribution < 1.29 is 13.2 Å². The summed E-state index contributed by atoms with van der Waals surface area (Å²) in [5.41, 5.74) is 4.15. The van der Waals surface area contributed by atoms with Crippen molar-refractivity contribution in [2.75, 3.05) is 10.8 Å². The molecule has 0 radical (unpaired) electrons. The van der Waals surface area contributed by atoms with E-state index in [9.17, 15) is 13.2 Å². The van der Waals surface area contributed by atoms with Crippen molar-refractivity contribution in [1.29, 1.82) is 0 Å². The molecule has 0 saturated carbocycles. The van der Waals surface area contributed by atoms with E-state index in [0.29, 0.717) is 16.3 Å². The van der Waals surface area contributed by atoms with Crippen LogP contribution in [0, 0.1) is 20.8 Å². The Kier molecular flexibility index (Phi) is 7.26. The third-order valence-corrected chi connectivity index (χ3v) is 7.58. The van der Waals surface area contributed by atoms with Gasteiger partial charge in [-0.05, 0) is 68.7 Å². The maximum atomic E-state index is 13.5. The molecule has 0 spiro atoms. The topological polar surface area (TPSA) is 66.5 Å². The fraction of sp³-hybridized carbons (Fsp3) is 0.240. The number of hydrogen-bond donors (Lipinski definition) is 1. The largest absolute Gasteiger partial charge is 0.348 e. The predicted molar refractivity (Wildman–Crippen MR) is 130 cm³/mol. The number of amides is 1. The van der Waals surface area contributed by atoms with Crippen molar-refractivity contribution in [2.45, 2.75) is 38.6 Å². The maximum Gasteiger partial charge on any atom is 0.264 e. The molecule has 0 aromatic heterocycles. The van der Waals surface area contributed by atoms with Crippen molar-refractivity contribution in [1.82, 2.24) is 5.32 Å². The molecule has 168 valence electrons. The fourth-order valence-corrected chi connectivity index (χ4v) is 5.36. The number of anilines is 1. The van der Waals surface area contributed by atoms with E-state index in [1.54, 1.807) is 43.3 Å². The van der Waals surface area contributed by atoms with Crippen LogP contribution in [0.4, 0.5) is 5.69 Å². The Morgan fingerprint density at radius 2 is 1.69 bits per heavy atom. The zero-order chi connectivity index (χ0) is 23.5. The van der Waals surface area contributed by atoms with E-state index < -0.39 is 15.9 Å². The first kappa shape index (κ1) is 23.8. The smallest absolute Gasteiger partial charge is 0.264 e. The van der Waals surface area contributed by atoms with Gasteiger partial charge in [-0.1, -0.05) is 59.6 Å². The Morgan fingerprint density at radius 1 is 1.00 bits per heavy atom. The van der Waals surface area contributed by atoms with Gasteiger partial charge in [0, 0.05) is 5.02 Å². The van der Waals surface area contributed by atoms with Gasteiger partial charge in [-0.25, -0.2) is 8.42 Å². The Balaban J connectivity index is 1.94. The van der Waals surface area contributed by atoms with Gasteiger partial charge >= 0.3 is 0 Å². The molecule has 0 aliphatic rings. The molecule has 0 aliphatic heterocycles. The summed E-state index contributed by atoms with van der Waals surface area (Å²) in [7, 11) is -3.99. The van der Waals surface area contributed by atoms with Gasteiger partial charge in [-0.3, -0.25) is 9.10 Å². The number of rotatable bonds is 7. The Bertz CT molecular complexity index is 1230. The lowest BCUT2D eigenvalue weighted by Crippen LogP contribution is -2.42. The molecule has 0 saturated heterocycles. The number of carbonyl (C=O) groups excluding carboxylic acids is 1. The van der Waals surface area contributed by atoms with Crippen LogP contribution < -0.4 is 9.62 Å². The van der Waals surface area contributed by atoms with E-state index in [2.05, 4.69) is 11.4 Å². The van der Waals surface area contributed by atoms with Crippen molar-refractivity contribution in [3.05, 3.63) is 94.0 Å². The van der Waals surface area contributed by atoms with Crippen molar-refractivity contribution >= 4 is 33.2 Å². The molecule has 3 aromatic carbocycles. The van der Waals surface area contributed by atoms with E-state index in [1.165, 1.54) is 12.1 Å². The minimum Gasteiger partial charge on any atom is -0.348 e. The lowest BCUT2D eigenvalue weighted by atomic mass is 10.0. The normalized spacial score (nSPS) is 12.3. The minimum absolute atomic E-state index is 0.106. The molecule has 3 aromatic rings. The van der Waals surface area contributed by atoms with Crippen molar-refractivity contribution in [2.24, 2.45) is 0 Å². The van der Waals surface area contributed by atoms with Gasteiger partial charge in [0.05, 0.1) is 16.6 Å². The fourth-order valence-electron chi connectivity index (χ4n) is 3.69. The molecule has 0 aliphatic carbocycles. The van der Waals surface area contributed by atoms with Crippen LogP contribution >= 0.6 is 11.6 Å². The summed E-state index contributed by atoms with van der Waals surface area (Å²) in [6.45, 7) is 7.26.